The Hall–Kier alpha value is -1.07. The first-order valence-electron chi connectivity index (χ1n) is 5.39. The molecule has 74 valence electrons. The summed E-state index contributed by atoms with van der Waals surface area (Å²) < 4.78 is 2.20. The quantitative estimate of drug-likeness (QED) is 0.514. The second-order valence-electron chi connectivity index (χ2n) is 4.94. The fourth-order valence-electron chi connectivity index (χ4n) is 2.14. The van der Waals surface area contributed by atoms with Gasteiger partial charge in [-0.15, -0.1) is 0 Å². The molecule has 0 aromatic heterocycles. The fraction of sp³-hybridized carbons (Fsp3) is 0.538. The van der Waals surface area contributed by atoms with Crippen molar-refractivity contribution in [2.24, 2.45) is 5.41 Å². The lowest BCUT2D eigenvalue weighted by molar-refractivity contribution is -0.485. The third-order valence-corrected chi connectivity index (χ3v) is 3.02. The second-order valence-corrected chi connectivity index (χ2v) is 4.94. The lowest BCUT2D eigenvalue weighted by Crippen LogP contribution is -2.29. The summed E-state index contributed by atoms with van der Waals surface area (Å²) in [6.45, 7) is 4.72. The second kappa shape index (κ2) is 3.59. The summed E-state index contributed by atoms with van der Waals surface area (Å²) in [5.74, 6) is 3.33. The molecular formula is C13H18N+. The van der Waals surface area contributed by atoms with Crippen molar-refractivity contribution in [3.05, 3.63) is 30.5 Å². The normalized spacial score (nSPS) is 29.0. The van der Waals surface area contributed by atoms with Crippen LogP contribution in [0.3, 0.4) is 0 Å². The van der Waals surface area contributed by atoms with Gasteiger partial charge in [0.2, 0.25) is 0 Å². The molecule has 0 radical (unpaired) electrons. The van der Waals surface area contributed by atoms with E-state index in [0.29, 0.717) is 11.5 Å². The van der Waals surface area contributed by atoms with Crippen molar-refractivity contribution >= 4 is 5.87 Å². The third-order valence-electron chi connectivity index (χ3n) is 3.02. The van der Waals surface area contributed by atoms with Gasteiger partial charge in [-0.2, -0.15) is 4.58 Å². The lowest BCUT2D eigenvalue weighted by atomic mass is 9.80. The van der Waals surface area contributed by atoms with Gasteiger partial charge in [0.25, 0.3) is 0 Å². The highest BCUT2D eigenvalue weighted by Crippen LogP contribution is 2.31. The van der Waals surface area contributed by atoms with Crippen molar-refractivity contribution in [1.29, 1.82) is 0 Å². The van der Waals surface area contributed by atoms with Gasteiger partial charge in [-0.05, 0) is 24.3 Å². The van der Waals surface area contributed by atoms with Gasteiger partial charge in [-0.1, -0.05) is 19.9 Å². The Morgan fingerprint density at radius 1 is 1.36 bits per heavy atom. The van der Waals surface area contributed by atoms with Gasteiger partial charge in [0.1, 0.15) is 0 Å². The summed E-state index contributed by atoms with van der Waals surface area (Å²) in [5, 5.41) is 0. The minimum absolute atomic E-state index is 0.442. The van der Waals surface area contributed by atoms with Crippen LogP contribution in [0.4, 0.5) is 0 Å². The first-order chi connectivity index (χ1) is 6.67. The minimum Gasteiger partial charge on any atom is -0.151 e. The smallest absolute Gasteiger partial charge is 0.151 e. The summed E-state index contributed by atoms with van der Waals surface area (Å²) in [7, 11) is 0. The van der Waals surface area contributed by atoms with Crippen molar-refractivity contribution in [1.82, 2.24) is 0 Å². The van der Waals surface area contributed by atoms with E-state index in [-0.39, 0.29) is 0 Å². The summed E-state index contributed by atoms with van der Waals surface area (Å²) in [6, 6.07) is 0.506. The molecule has 1 unspecified atom stereocenters. The first-order valence-corrected chi connectivity index (χ1v) is 5.39. The number of rotatable bonds is 0. The SMILES string of the molecule is CC1(C)CCC=C=[N+]2C=CC=CC2C1. The Bertz CT molecular complexity index is 338. The number of hydrogen-bond donors (Lipinski definition) is 0. The van der Waals surface area contributed by atoms with Gasteiger partial charge in [-0.25, -0.2) is 0 Å². The average molecular weight is 188 g/mol. The fourth-order valence-corrected chi connectivity index (χ4v) is 2.14. The first kappa shape index (κ1) is 9.48. The Kier molecular flexibility index (Phi) is 2.43. The maximum atomic E-state index is 3.33. The molecule has 1 heteroatoms. The molecule has 2 aliphatic heterocycles. The van der Waals surface area contributed by atoms with E-state index < -0.39 is 0 Å². The monoisotopic (exact) mass is 188 g/mol. The molecule has 0 aliphatic carbocycles. The summed E-state index contributed by atoms with van der Waals surface area (Å²) in [5.41, 5.74) is 0.442. The Balaban J connectivity index is 2.30. The summed E-state index contributed by atoms with van der Waals surface area (Å²) in [4.78, 5) is 0. The highest BCUT2D eigenvalue weighted by Gasteiger charge is 2.29. The van der Waals surface area contributed by atoms with Crippen LogP contribution >= 0.6 is 0 Å². The van der Waals surface area contributed by atoms with Crippen LogP contribution in [0.5, 0.6) is 0 Å². The molecule has 0 fully saturated rings. The van der Waals surface area contributed by atoms with E-state index in [1.54, 1.807) is 0 Å². The van der Waals surface area contributed by atoms with E-state index in [1.165, 1.54) is 12.8 Å². The maximum Gasteiger partial charge on any atom is 0.186 e. The van der Waals surface area contributed by atoms with E-state index in [0.717, 1.165) is 6.42 Å². The van der Waals surface area contributed by atoms with Crippen molar-refractivity contribution in [2.45, 2.75) is 39.2 Å². The maximum absolute atomic E-state index is 3.33. The minimum atomic E-state index is 0.442. The van der Waals surface area contributed by atoms with Crippen LogP contribution in [-0.2, 0) is 0 Å². The number of nitrogens with zero attached hydrogens (tertiary/aromatic N) is 1. The van der Waals surface area contributed by atoms with Gasteiger partial charge in [0.05, 0.1) is 0 Å². The highest BCUT2D eigenvalue weighted by molar-refractivity contribution is 5.46. The Morgan fingerprint density at radius 2 is 2.21 bits per heavy atom. The zero-order chi connectivity index (χ0) is 10.0. The molecule has 2 heterocycles. The van der Waals surface area contributed by atoms with Gasteiger partial charge < -0.3 is 0 Å². The van der Waals surface area contributed by atoms with Crippen LogP contribution in [0.2, 0.25) is 0 Å². The third kappa shape index (κ3) is 2.05. The molecule has 1 atom stereocenters. The molecule has 0 bridgehead atoms. The molecule has 0 amide bonds. The Labute approximate surface area is 86.1 Å². The molecule has 0 saturated carbocycles. The van der Waals surface area contributed by atoms with Gasteiger partial charge >= 0.3 is 0 Å². The molecule has 1 nitrogen and oxygen atoms in total. The van der Waals surface area contributed by atoms with Crippen LogP contribution in [-0.4, -0.2) is 16.5 Å². The zero-order valence-electron chi connectivity index (χ0n) is 9.03. The van der Waals surface area contributed by atoms with Crippen molar-refractivity contribution in [3.8, 4) is 0 Å². The topological polar surface area (TPSA) is 3.01 Å². The van der Waals surface area contributed by atoms with Gasteiger partial charge in [0, 0.05) is 18.6 Å². The molecule has 0 aromatic carbocycles. The molecule has 0 saturated heterocycles. The van der Waals surface area contributed by atoms with E-state index in [2.05, 4.69) is 54.8 Å². The Morgan fingerprint density at radius 3 is 3.07 bits per heavy atom. The van der Waals surface area contributed by atoms with Crippen LogP contribution in [0.15, 0.2) is 30.5 Å². The van der Waals surface area contributed by atoms with Crippen molar-refractivity contribution in [2.75, 3.05) is 0 Å². The highest BCUT2D eigenvalue weighted by atomic mass is 15.0. The van der Waals surface area contributed by atoms with E-state index in [4.69, 9.17) is 0 Å². The van der Waals surface area contributed by atoms with Crippen molar-refractivity contribution in [3.63, 3.8) is 0 Å². The van der Waals surface area contributed by atoms with E-state index in [9.17, 15) is 0 Å². The molecular weight excluding hydrogens is 170 g/mol. The van der Waals surface area contributed by atoms with Crippen LogP contribution in [0, 0.1) is 5.41 Å². The number of hydrogen-bond acceptors (Lipinski definition) is 0. The predicted molar refractivity (Wildman–Crippen MR) is 59.5 cm³/mol. The average Bonchev–Trinajstić information content (AvgIpc) is 2.11. The van der Waals surface area contributed by atoms with Crippen LogP contribution in [0.1, 0.15) is 33.1 Å². The van der Waals surface area contributed by atoms with E-state index in [1.807, 2.05) is 0 Å². The van der Waals surface area contributed by atoms with Gasteiger partial charge in [-0.3, -0.25) is 0 Å². The van der Waals surface area contributed by atoms with Crippen molar-refractivity contribution < 1.29 is 4.58 Å². The lowest BCUT2D eigenvalue weighted by Gasteiger charge is -2.26. The summed E-state index contributed by atoms with van der Waals surface area (Å²) >= 11 is 0. The largest absolute Gasteiger partial charge is 0.186 e. The molecule has 0 aromatic rings. The van der Waals surface area contributed by atoms with E-state index >= 15 is 0 Å². The molecule has 0 N–H and O–H groups in total. The number of allylic oxidation sites excluding steroid dienone is 3. The van der Waals surface area contributed by atoms with Crippen LogP contribution < -0.4 is 0 Å². The standard InChI is InChI=1S/C13H18N/c1-13(2)8-4-6-10-14-9-5-3-7-12(14)11-13/h3,5-7,9,12H,4,8,11H2,1-2H3/q+1. The molecule has 2 aliphatic rings. The molecule has 2 rings (SSSR count). The summed E-state index contributed by atoms with van der Waals surface area (Å²) in [6.07, 6.45) is 14.4. The zero-order valence-corrected chi connectivity index (χ0v) is 9.03. The van der Waals surface area contributed by atoms with Gasteiger partial charge in [0.15, 0.2) is 18.1 Å². The predicted octanol–water partition coefficient (Wildman–Crippen LogP) is 2.89. The molecule has 14 heavy (non-hydrogen) atoms. The number of fused-ring (bicyclic) bond motifs is 1. The van der Waals surface area contributed by atoms with Crippen LogP contribution in [0.25, 0.3) is 0 Å². The molecule has 0 spiro atoms.